The van der Waals surface area contributed by atoms with Gasteiger partial charge in [0.05, 0.1) is 6.04 Å². The maximum atomic E-state index is 13.4. The molecule has 2 aromatic rings. The van der Waals surface area contributed by atoms with Gasteiger partial charge in [0.2, 0.25) is 5.91 Å². The van der Waals surface area contributed by atoms with Gasteiger partial charge in [-0.25, -0.2) is 8.78 Å². The van der Waals surface area contributed by atoms with Crippen LogP contribution in [0.1, 0.15) is 63.0 Å². The Hall–Kier alpha value is -2.31. The van der Waals surface area contributed by atoms with Gasteiger partial charge in [-0.05, 0) is 73.4 Å². The number of amides is 1. The molecule has 1 amide bonds. The molecule has 0 saturated carbocycles. The van der Waals surface area contributed by atoms with E-state index < -0.39 is 0 Å². The number of halogens is 2. The van der Waals surface area contributed by atoms with Crippen molar-refractivity contribution in [3.63, 3.8) is 0 Å². The van der Waals surface area contributed by atoms with Gasteiger partial charge >= 0.3 is 0 Å². The van der Waals surface area contributed by atoms with E-state index in [2.05, 4.69) is 24.5 Å². The lowest BCUT2D eigenvalue weighted by Crippen LogP contribution is -2.50. The van der Waals surface area contributed by atoms with Crippen LogP contribution in [0, 0.1) is 17.6 Å². The SMILES string of the molecule is CC(C)C[C@H](NC1CCOCC1)C(=O)NCCCC(c1ccc(F)cc1)c1ccc(F)cc1. The maximum Gasteiger partial charge on any atom is 0.237 e. The standard InChI is InChI=1S/C27H36F2N2O2/c1-19(2)18-26(31-24-13-16-33-17-14-24)27(32)30-15-3-4-25(20-5-9-22(28)10-6-20)21-7-11-23(29)12-8-21/h5-12,19,24-26,31H,3-4,13-18H2,1-2H3,(H,30,32)/t26-/m0/s1. The fourth-order valence-electron chi connectivity index (χ4n) is 4.43. The van der Waals surface area contributed by atoms with Crippen LogP contribution in [0.4, 0.5) is 8.78 Å². The molecule has 1 fully saturated rings. The molecular formula is C27H36F2N2O2. The average Bonchev–Trinajstić information content (AvgIpc) is 2.80. The second kappa shape index (κ2) is 12.8. The highest BCUT2D eigenvalue weighted by molar-refractivity contribution is 5.81. The van der Waals surface area contributed by atoms with Crippen LogP contribution in [-0.4, -0.2) is 37.7 Å². The van der Waals surface area contributed by atoms with E-state index in [9.17, 15) is 13.6 Å². The Labute approximate surface area is 196 Å². The number of ether oxygens (including phenoxy) is 1. The predicted octanol–water partition coefficient (Wildman–Crippen LogP) is 5.18. The van der Waals surface area contributed by atoms with Gasteiger partial charge < -0.3 is 15.4 Å². The van der Waals surface area contributed by atoms with Crippen LogP contribution in [0.2, 0.25) is 0 Å². The van der Waals surface area contributed by atoms with Gasteiger partial charge in [0.15, 0.2) is 0 Å². The van der Waals surface area contributed by atoms with Crippen molar-refractivity contribution in [3.05, 3.63) is 71.3 Å². The van der Waals surface area contributed by atoms with Crippen molar-refractivity contribution in [2.45, 2.75) is 64.0 Å². The van der Waals surface area contributed by atoms with E-state index in [4.69, 9.17) is 4.74 Å². The van der Waals surface area contributed by atoms with Crippen molar-refractivity contribution < 1.29 is 18.3 Å². The minimum Gasteiger partial charge on any atom is -0.381 e. The molecule has 2 N–H and O–H groups in total. The van der Waals surface area contributed by atoms with Gasteiger partial charge in [0, 0.05) is 31.7 Å². The molecule has 1 heterocycles. The maximum absolute atomic E-state index is 13.4. The number of carbonyl (C=O) groups excluding carboxylic acids is 1. The summed E-state index contributed by atoms with van der Waals surface area (Å²) >= 11 is 0. The highest BCUT2D eigenvalue weighted by Gasteiger charge is 2.24. The number of rotatable bonds is 11. The molecule has 3 rings (SSSR count). The van der Waals surface area contributed by atoms with Crippen LogP contribution in [-0.2, 0) is 9.53 Å². The quantitative estimate of drug-likeness (QED) is 0.457. The van der Waals surface area contributed by atoms with Crippen molar-refractivity contribution in [1.82, 2.24) is 10.6 Å². The summed E-state index contributed by atoms with van der Waals surface area (Å²) in [6.45, 7) is 6.29. The zero-order chi connectivity index (χ0) is 23.6. The molecule has 0 aromatic heterocycles. The molecule has 180 valence electrons. The fraction of sp³-hybridized carbons (Fsp3) is 0.519. The van der Waals surface area contributed by atoms with E-state index in [1.807, 2.05) is 0 Å². The second-order valence-electron chi connectivity index (χ2n) is 9.32. The zero-order valence-electron chi connectivity index (χ0n) is 19.7. The Morgan fingerprint density at radius 2 is 1.52 bits per heavy atom. The van der Waals surface area contributed by atoms with Gasteiger partial charge in [-0.2, -0.15) is 0 Å². The number of nitrogens with one attached hydrogen (secondary N) is 2. The summed E-state index contributed by atoms with van der Waals surface area (Å²) in [7, 11) is 0. The Morgan fingerprint density at radius 3 is 2.03 bits per heavy atom. The van der Waals surface area contributed by atoms with Gasteiger partial charge in [-0.3, -0.25) is 4.79 Å². The molecule has 0 aliphatic carbocycles. The molecule has 4 nitrogen and oxygen atoms in total. The first-order valence-corrected chi connectivity index (χ1v) is 12.0. The molecule has 1 saturated heterocycles. The molecular weight excluding hydrogens is 422 g/mol. The van der Waals surface area contributed by atoms with Crippen LogP contribution >= 0.6 is 0 Å². The van der Waals surface area contributed by atoms with E-state index >= 15 is 0 Å². The minimum atomic E-state index is -0.280. The van der Waals surface area contributed by atoms with E-state index in [-0.39, 0.29) is 29.5 Å². The molecule has 0 radical (unpaired) electrons. The molecule has 33 heavy (non-hydrogen) atoms. The smallest absolute Gasteiger partial charge is 0.237 e. The van der Waals surface area contributed by atoms with Gasteiger partial charge in [0.25, 0.3) is 0 Å². The first-order chi connectivity index (χ1) is 15.9. The van der Waals surface area contributed by atoms with E-state index in [0.29, 0.717) is 18.5 Å². The highest BCUT2D eigenvalue weighted by Crippen LogP contribution is 2.29. The average molecular weight is 459 g/mol. The number of hydrogen-bond donors (Lipinski definition) is 2. The first-order valence-electron chi connectivity index (χ1n) is 12.0. The number of hydrogen-bond acceptors (Lipinski definition) is 3. The number of benzene rings is 2. The summed E-state index contributed by atoms with van der Waals surface area (Å²) in [6.07, 6.45) is 4.17. The lowest BCUT2D eigenvalue weighted by atomic mass is 9.87. The lowest BCUT2D eigenvalue weighted by molar-refractivity contribution is -0.124. The van der Waals surface area contributed by atoms with Crippen molar-refractivity contribution in [2.24, 2.45) is 5.92 Å². The lowest BCUT2D eigenvalue weighted by Gasteiger charge is -2.29. The molecule has 0 bridgehead atoms. The molecule has 6 heteroatoms. The van der Waals surface area contributed by atoms with Crippen LogP contribution in [0.25, 0.3) is 0 Å². The normalized spacial score (nSPS) is 15.7. The molecule has 1 atom stereocenters. The van der Waals surface area contributed by atoms with E-state index in [1.54, 1.807) is 24.3 Å². The van der Waals surface area contributed by atoms with Crippen LogP contribution in [0.5, 0.6) is 0 Å². The summed E-state index contributed by atoms with van der Waals surface area (Å²) in [5, 5.41) is 6.64. The first kappa shape index (κ1) is 25.3. The largest absolute Gasteiger partial charge is 0.381 e. The van der Waals surface area contributed by atoms with E-state index in [1.165, 1.54) is 24.3 Å². The van der Waals surface area contributed by atoms with Crippen molar-refractivity contribution >= 4 is 5.91 Å². The van der Waals surface area contributed by atoms with Crippen molar-refractivity contribution in [2.75, 3.05) is 19.8 Å². The summed E-state index contributed by atoms with van der Waals surface area (Å²) in [5.41, 5.74) is 1.96. The predicted molar refractivity (Wildman–Crippen MR) is 127 cm³/mol. The Bertz CT molecular complexity index is 804. The molecule has 1 aliphatic rings. The summed E-state index contributed by atoms with van der Waals surface area (Å²) in [4.78, 5) is 12.9. The molecule has 2 aromatic carbocycles. The van der Waals surface area contributed by atoms with Crippen LogP contribution in [0.3, 0.4) is 0 Å². The monoisotopic (exact) mass is 458 g/mol. The van der Waals surface area contributed by atoms with Crippen molar-refractivity contribution in [3.8, 4) is 0 Å². The summed E-state index contributed by atoms with van der Waals surface area (Å²) < 4.78 is 32.3. The Kier molecular flexibility index (Phi) is 9.82. The van der Waals surface area contributed by atoms with Gasteiger partial charge in [0.1, 0.15) is 11.6 Å². The van der Waals surface area contributed by atoms with Gasteiger partial charge in [-0.1, -0.05) is 38.1 Å². The second-order valence-corrected chi connectivity index (χ2v) is 9.32. The Morgan fingerprint density at radius 1 is 0.970 bits per heavy atom. The highest BCUT2D eigenvalue weighted by atomic mass is 19.1. The van der Waals surface area contributed by atoms with Crippen LogP contribution < -0.4 is 10.6 Å². The summed E-state index contributed by atoms with van der Waals surface area (Å²) in [6, 6.07) is 13.0. The third-order valence-corrected chi connectivity index (χ3v) is 6.20. The van der Waals surface area contributed by atoms with Crippen LogP contribution in [0.15, 0.2) is 48.5 Å². The zero-order valence-corrected chi connectivity index (χ0v) is 19.7. The molecule has 0 spiro atoms. The molecule has 0 unspecified atom stereocenters. The molecule has 1 aliphatic heterocycles. The number of carbonyl (C=O) groups is 1. The van der Waals surface area contributed by atoms with E-state index in [0.717, 1.165) is 56.4 Å². The van der Waals surface area contributed by atoms with Crippen molar-refractivity contribution in [1.29, 1.82) is 0 Å². The third-order valence-electron chi connectivity index (χ3n) is 6.20. The Balaban J connectivity index is 1.57. The third kappa shape index (κ3) is 8.20. The summed E-state index contributed by atoms with van der Waals surface area (Å²) in [5.74, 6) is -0.103. The fourth-order valence-corrected chi connectivity index (χ4v) is 4.43. The topological polar surface area (TPSA) is 50.4 Å². The minimum absolute atomic E-state index is 0.00919. The van der Waals surface area contributed by atoms with Gasteiger partial charge in [-0.15, -0.1) is 0 Å².